The minimum atomic E-state index is -2.31. The summed E-state index contributed by atoms with van der Waals surface area (Å²) < 4.78 is 21.2. The molecule has 0 aliphatic carbocycles. The summed E-state index contributed by atoms with van der Waals surface area (Å²) in [7, 11) is 0. The van der Waals surface area contributed by atoms with E-state index in [2.05, 4.69) is 5.32 Å². The number of hydrogen-bond donors (Lipinski definition) is 3. The van der Waals surface area contributed by atoms with E-state index in [-0.39, 0.29) is 17.2 Å². The summed E-state index contributed by atoms with van der Waals surface area (Å²) in [6.07, 6.45) is 0. The van der Waals surface area contributed by atoms with Gasteiger partial charge in [-0.3, -0.25) is 4.21 Å². The number of rotatable bonds is 4. The molecule has 1 aromatic carbocycles. The van der Waals surface area contributed by atoms with Crippen molar-refractivity contribution < 1.29 is 13.9 Å². The lowest BCUT2D eigenvalue weighted by Crippen LogP contribution is -2.06. The van der Waals surface area contributed by atoms with Crippen molar-refractivity contribution in [3.63, 3.8) is 0 Å². The van der Waals surface area contributed by atoms with Gasteiger partial charge in [-0.15, -0.1) is 0 Å². The highest BCUT2D eigenvalue weighted by atomic mass is 32.2. The van der Waals surface area contributed by atoms with Crippen LogP contribution in [0.15, 0.2) is 23.1 Å². The monoisotopic (exact) mass is 215 g/mol. The second kappa shape index (κ2) is 4.94. The first-order valence-electron chi connectivity index (χ1n) is 3.98. The largest absolute Gasteiger partial charge is 0.768 e. The summed E-state index contributed by atoms with van der Waals surface area (Å²) in [6, 6.07) is 4.52. The molecule has 6 heteroatoms. The van der Waals surface area contributed by atoms with Gasteiger partial charge < -0.3 is 20.7 Å². The van der Waals surface area contributed by atoms with Crippen LogP contribution >= 0.6 is 0 Å². The zero-order chi connectivity index (χ0) is 10.6. The minimum absolute atomic E-state index is 0.00907. The lowest BCUT2D eigenvalue weighted by Gasteiger charge is -2.11. The average Bonchev–Trinajstić information content (AvgIpc) is 2.14. The Kier molecular flexibility index (Phi) is 3.87. The molecular weight excluding hydrogens is 204 g/mol. The maximum Gasteiger partial charge on any atom is 0.0604 e. The number of nitrogen functional groups attached to an aromatic ring is 1. The van der Waals surface area contributed by atoms with Crippen molar-refractivity contribution in [2.45, 2.75) is 4.90 Å². The Morgan fingerprint density at radius 2 is 2.29 bits per heavy atom. The van der Waals surface area contributed by atoms with E-state index >= 15 is 0 Å². The quantitative estimate of drug-likeness (QED) is 0.481. The molecule has 78 valence electrons. The Morgan fingerprint density at radius 3 is 2.79 bits per heavy atom. The molecule has 0 aromatic heterocycles. The summed E-state index contributed by atoms with van der Waals surface area (Å²) in [5.41, 5.74) is 6.38. The van der Waals surface area contributed by atoms with Gasteiger partial charge in [-0.2, -0.15) is 0 Å². The molecule has 1 atom stereocenters. The fourth-order valence-electron chi connectivity index (χ4n) is 1.01. The highest BCUT2D eigenvalue weighted by Gasteiger charge is 2.00. The molecule has 1 aromatic rings. The molecule has 1 unspecified atom stereocenters. The topological polar surface area (TPSA) is 98.4 Å². The molecule has 0 radical (unpaired) electrons. The van der Waals surface area contributed by atoms with Crippen LogP contribution in [0.5, 0.6) is 0 Å². The highest BCUT2D eigenvalue weighted by Crippen LogP contribution is 2.19. The summed E-state index contributed by atoms with van der Waals surface area (Å²) in [6.45, 7) is 0.411. The number of nitrogens with two attached hydrogens (primary N) is 1. The SMILES string of the molecule is Nc1cc(NCCO)ccc1S(=O)[O-]. The van der Waals surface area contributed by atoms with Gasteiger partial charge in [-0.1, -0.05) is 0 Å². The van der Waals surface area contributed by atoms with Crippen LogP contribution in [0, 0.1) is 0 Å². The first-order valence-corrected chi connectivity index (χ1v) is 5.06. The van der Waals surface area contributed by atoms with Crippen LogP contribution < -0.4 is 11.1 Å². The molecule has 14 heavy (non-hydrogen) atoms. The molecule has 0 amide bonds. The van der Waals surface area contributed by atoms with Crippen LogP contribution in [0.4, 0.5) is 11.4 Å². The van der Waals surface area contributed by atoms with Gasteiger partial charge in [0, 0.05) is 22.8 Å². The molecule has 5 nitrogen and oxygen atoms in total. The Labute approximate surface area is 84.2 Å². The number of aliphatic hydroxyl groups excluding tert-OH is 1. The van der Waals surface area contributed by atoms with Crippen LogP contribution in [0.3, 0.4) is 0 Å². The Hall–Kier alpha value is -1.11. The summed E-state index contributed by atoms with van der Waals surface area (Å²) >= 11 is -2.31. The number of hydrogen-bond acceptors (Lipinski definition) is 5. The van der Waals surface area contributed by atoms with E-state index in [1.807, 2.05) is 0 Å². The number of anilines is 2. The second-order valence-electron chi connectivity index (χ2n) is 2.64. The Bertz CT molecular complexity index is 343. The van der Waals surface area contributed by atoms with Crippen molar-refractivity contribution in [2.75, 3.05) is 24.2 Å². The highest BCUT2D eigenvalue weighted by molar-refractivity contribution is 7.79. The van der Waals surface area contributed by atoms with Gasteiger partial charge in [-0.25, -0.2) is 0 Å². The van der Waals surface area contributed by atoms with Crippen molar-refractivity contribution in [3.05, 3.63) is 18.2 Å². The van der Waals surface area contributed by atoms with Crippen LogP contribution in [0.1, 0.15) is 0 Å². The third-order valence-electron chi connectivity index (χ3n) is 1.63. The van der Waals surface area contributed by atoms with Crippen LogP contribution in [-0.4, -0.2) is 27.0 Å². The Morgan fingerprint density at radius 1 is 1.57 bits per heavy atom. The molecular formula is C8H11N2O3S-. The van der Waals surface area contributed by atoms with E-state index in [9.17, 15) is 8.76 Å². The van der Waals surface area contributed by atoms with Gasteiger partial charge in [0.2, 0.25) is 0 Å². The number of benzene rings is 1. The molecule has 0 fully saturated rings. The van der Waals surface area contributed by atoms with E-state index in [0.29, 0.717) is 12.2 Å². The molecule has 0 bridgehead atoms. The minimum Gasteiger partial charge on any atom is -0.768 e. The van der Waals surface area contributed by atoms with Crippen molar-refractivity contribution in [2.24, 2.45) is 0 Å². The third-order valence-corrected chi connectivity index (χ3v) is 2.36. The fourth-order valence-corrected chi connectivity index (χ4v) is 1.44. The van der Waals surface area contributed by atoms with E-state index in [1.54, 1.807) is 6.07 Å². The van der Waals surface area contributed by atoms with Crippen LogP contribution in [0.25, 0.3) is 0 Å². The van der Waals surface area contributed by atoms with E-state index in [1.165, 1.54) is 12.1 Å². The first kappa shape index (κ1) is 11.0. The maximum atomic E-state index is 10.6. The van der Waals surface area contributed by atoms with Gasteiger partial charge in [0.25, 0.3) is 0 Å². The first-order chi connectivity index (χ1) is 6.65. The Balaban J connectivity index is 2.83. The van der Waals surface area contributed by atoms with Crippen molar-refractivity contribution >= 4 is 22.5 Å². The predicted octanol–water partition coefficient (Wildman–Crippen LogP) is -0.0890. The zero-order valence-corrected chi connectivity index (χ0v) is 8.21. The third kappa shape index (κ3) is 2.69. The molecule has 0 spiro atoms. The molecule has 4 N–H and O–H groups in total. The van der Waals surface area contributed by atoms with Crippen molar-refractivity contribution in [1.29, 1.82) is 0 Å². The molecule has 0 aliphatic rings. The summed E-state index contributed by atoms with van der Waals surface area (Å²) in [4.78, 5) is 0.0829. The van der Waals surface area contributed by atoms with Crippen molar-refractivity contribution in [3.8, 4) is 0 Å². The summed E-state index contributed by atoms with van der Waals surface area (Å²) in [5.74, 6) is 0. The molecule has 0 saturated heterocycles. The fraction of sp³-hybridized carbons (Fsp3) is 0.250. The second-order valence-corrected chi connectivity index (χ2v) is 3.55. The van der Waals surface area contributed by atoms with Crippen LogP contribution in [-0.2, 0) is 11.1 Å². The zero-order valence-electron chi connectivity index (χ0n) is 7.40. The van der Waals surface area contributed by atoms with Gasteiger partial charge in [-0.05, 0) is 29.3 Å². The molecule has 0 heterocycles. The molecule has 0 aliphatic heterocycles. The number of nitrogens with one attached hydrogen (secondary N) is 1. The van der Waals surface area contributed by atoms with Gasteiger partial charge >= 0.3 is 0 Å². The maximum absolute atomic E-state index is 10.6. The lowest BCUT2D eigenvalue weighted by atomic mass is 10.3. The number of aliphatic hydroxyl groups is 1. The van der Waals surface area contributed by atoms with E-state index < -0.39 is 11.1 Å². The van der Waals surface area contributed by atoms with E-state index in [0.717, 1.165) is 0 Å². The van der Waals surface area contributed by atoms with Gasteiger partial charge in [0.15, 0.2) is 0 Å². The van der Waals surface area contributed by atoms with Gasteiger partial charge in [0.05, 0.1) is 6.61 Å². The van der Waals surface area contributed by atoms with E-state index in [4.69, 9.17) is 10.8 Å². The predicted molar refractivity (Wildman–Crippen MR) is 53.6 cm³/mol. The van der Waals surface area contributed by atoms with Gasteiger partial charge in [0.1, 0.15) is 0 Å². The molecule has 0 saturated carbocycles. The lowest BCUT2D eigenvalue weighted by molar-refractivity contribution is 0.311. The van der Waals surface area contributed by atoms with Crippen LogP contribution in [0.2, 0.25) is 0 Å². The smallest absolute Gasteiger partial charge is 0.0604 e. The molecule has 1 rings (SSSR count). The standard InChI is InChI=1S/C8H12N2O3S/c9-7-5-6(10-3-4-11)1-2-8(7)14(12)13/h1-2,5,10-11H,3-4,9H2,(H,12,13)/p-1. The summed E-state index contributed by atoms with van der Waals surface area (Å²) in [5, 5.41) is 11.4. The average molecular weight is 215 g/mol. The normalized spacial score (nSPS) is 12.4. The van der Waals surface area contributed by atoms with Crippen molar-refractivity contribution in [1.82, 2.24) is 0 Å².